The SMILES string of the molecule is CN(Cc1ncn[nH]1)C(=O)c1cc(F)ccc1[N+](=O)[O-]. The smallest absolute Gasteiger partial charge is 0.282 e. The van der Waals surface area contributed by atoms with Crippen molar-refractivity contribution >= 4 is 11.6 Å². The number of nitrogens with zero attached hydrogens (tertiary/aromatic N) is 4. The minimum Gasteiger partial charge on any atom is -0.334 e. The first kappa shape index (κ1) is 13.6. The van der Waals surface area contributed by atoms with Crippen LogP contribution in [0.4, 0.5) is 10.1 Å². The summed E-state index contributed by atoms with van der Waals surface area (Å²) in [6.07, 6.45) is 1.28. The largest absolute Gasteiger partial charge is 0.334 e. The van der Waals surface area contributed by atoms with E-state index in [0.717, 1.165) is 18.2 Å². The average molecular weight is 279 g/mol. The number of halogens is 1. The predicted molar refractivity (Wildman–Crippen MR) is 65.2 cm³/mol. The molecular weight excluding hydrogens is 269 g/mol. The van der Waals surface area contributed by atoms with Gasteiger partial charge in [0.05, 0.1) is 11.5 Å². The highest BCUT2D eigenvalue weighted by Gasteiger charge is 2.24. The zero-order valence-electron chi connectivity index (χ0n) is 10.4. The molecule has 1 aromatic heterocycles. The van der Waals surface area contributed by atoms with E-state index in [1.54, 1.807) is 0 Å². The molecule has 9 heteroatoms. The maximum absolute atomic E-state index is 13.2. The van der Waals surface area contributed by atoms with Gasteiger partial charge in [-0.3, -0.25) is 20.0 Å². The zero-order valence-corrected chi connectivity index (χ0v) is 10.4. The molecular formula is C11H10FN5O3. The summed E-state index contributed by atoms with van der Waals surface area (Å²) >= 11 is 0. The molecule has 1 amide bonds. The van der Waals surface area contributed by atoms with Crippen LogP contribution in [0.25, 0.3) is 0 Å². The van der Waals surface area contributed by atoms with Crippen LogP contribution in [0.15, 0.2) is 24.5 Å². The van der Waals surface area contributed by atoms with E-state index in [-0.39, 0.29) is 12.1 Å². The molecule has 1 aromatic carbocycles. The molecule has 1 N–H and O–H groups in total. The molecule has 104 valence electrons. The Morgan fingerprint density at radius 2 is 2.30 bits per heavy atom. The van der Waals surface area contributed by atoms with Gasteiger partial charge in [-0.25, -0.2) is 9.37 Å². The molecule has 0 saturated heterocycles. The number of carbonyl (C=O) groups excluding carboxylic acids is 1. The minimum absolute atomic E-state index is 0.0759. The normalized spacial score (nSPS) is 10.3. The summed E-state index contributed by atoms with van der Waals surface area (Å²) in [5.41, 5.74) is -0.752. The number of amides is 1. The monoisotopic (exact) mass is 279 g/mol. The van der Waals surface area contributed by atoms with E-state index in [1.807, 2.05) is 0 Å². The first-order chi connectivity index (χ1) is 9.49. The molecule has 2 rings (SSSR count). The Morgan fingerprint density at radius 1 is 1.55 bits per heavy atom. The first-order valence-electron chi connectivity index (χ1n) is 5.52. The molecule has 0 radical (unpaired) electrons. The number of rotatable bonds is 4. The summed E-state index contributed by atoms with van der Waals surface area (Å²) in [5.74, 6) is -0.973. The third-order valence-corrected chi connectivity index (χ3v) is 2.58. The van der Waals surface area contributed by atoms with Crippen LogP contribution in [0, 0.1) is 15.9 Å². The van der Waals surface area contributed by atoms with Crippen molar-refractivity contribution < 1.29 is 14.1 Å². The Bertz CT molecular complexity index is 644. The second kappa shape index (κ2) is 5.43. The fourth-order valence-electron chi connectivity index (χ4n) is 1.65. The van der Waals surface area contributed by atoms with E-state index >= 15 is 0 Å². The standard InChI is InChI=1S/C11H10FN5O3/c1-16(5-10-13-6-14-15-10)11(18)8-4-7(12)2-3-9(8)17(19)20/h2-4,6H,5H2,1H3,(H,13,14,15). The first-order valence-corrected chi connectivity index (χ1v) is 5.52. The fourth-order valence-corrected chi connectivity index (χ4v) is 1.65. The molecule has 0 aliphatic heterocycles. The van der Waals surface area contributed by atoms with Crippen molar-refractivity contribution in [2.45, 2.75) is 6.54 Å². The van der Waals surface area contributed by atoms with Gasteiger partial charge in [0.15, 0.2) is 0 Å². The second-order valence-electron chi connectivity index (χ2n) is 4.01. The summed E-state index contributed by atoms with van der Waals surface area (Å²) in [4.78, 5) is 27.3. The van der Waals surface area contributed by atoms with Crippen LogP contribution >= 0.6 is 0 Å². The van der Waals surface area contributed by atoms with Crippen molar-refractivity contribution in [2.24, 2.45) is 0 Å². The number of nitrogens with one attached hydrogen (secondary N) is 1. The average Bonchev–Trinajstić information content (AvgIpc) is 2.90. The molecule has 0 atom stereocenters. The van der Waals surface area contributed by atoms with Crippen LogP contribution in [0.1, 0.15) is 16.2 Å². The van der Waals surface area contributed by atoms with Gasteiger partial charge in [-0.1, -0.05) is 0 Å². The van der Waals surface area contributed by atoms with Crippen LogP contribution in [0.2, 0.25) is 0 Å². The fraction of sp³-hybridized carbons (Fsp3) is 0.182. The zero-order chi connectivity index (χ0) is 14.7. The lowest BCUT2D eigenvalue weighted by molar-refractivity contribution is -0.385. The molecule has 0 saturated carbocycles. The Kier molecular flexibility index (Phi) is 3.69. The number of hydrogen-bond donors (Lipinski definition) is 1. The minimum atomic E-state index is -0.727. The molecule has 0 unspecified atom stereocenters. The number of aromatic amines is 1. The molecule has 1 heterocycles. The lowest BCUT2D eigenvalue weighted by Gasteiger charge is -2.15. The number of nitro benzene ring substituents is 1. The van der Waals surface area contributed by atoms with Crippen molar-refractivity contribution in [3.05, 3.63) is 51.8 Å². The van der Waals surface area contributed by atoms with Crippen LogP contribution < -0.4 is 0 Å². The second-order valence-corrected chi connectivity index (χ2v) is 4.01. The van der Waals surface area contributed by atoms with E-state index in [2.05, 4.69) is 15.2 Å². The van der Waals surface area contributed by atoms with E-state index in [1.165, 1.54) is 18.3 Å². The highest BCUT2D eigenvalue weighted by atomic mass is 19.1. The van der Waals surface area contributed by atoms with Crippen LogP contribution in [0.5, 0.6) is 0 Å². The molecule has 0 fully saturated rings. The molecule has 0 bridgehead atoms. The molecule has 0 aliphatic rings. The summed E-state index contributed by atoms with van der Waals surface area (Å²) < 4.78 is 13.2. The summed E-state index contributed by atoms with van der Waals surface area (Å²) in [5, 5.41) is 17.0. The Morgan fingerprint density at radius 3 is 2.90 bits per heavy atom. The van der Waals surface area contributed by atoms with Crippen molar-refractivity contribution in [3.8, 4) is 0 Å². The Balaban J connectivity index is 2.28. The van der Waals surface area contributed by atoms with Gasteiger partial charge in [0.25, 0.3) is 11.6 Å². The summed E-state index contributed by atoms with van der Waals surface area (Å²) in [6.45, 7) is 0.0759. The molecule has 2 aromatic rings. The third kappa shape index (κ3) is 2.76. The number of nitro groups is 1. The van der Waals surface area contributed by atoms with Crippen molar-refractivity contribution in [3.63, 3.8) is 0 Å². The van der Waals surface area contributed by atoms with Gasteiger partial charge < -0.3 is 4.90 Å². The maximum Gasteiger partial charge on any atom is 0.282 e. The van der Waals surface area contributed by atoms with Gasteiger partial charge in [0, 0.05) is 13.1 Å². The Labute approximate surface area is 112 Å². The van der Waals surface area contributed by atoms with Crippen LogP contribution in [-0.2, 0) is 6.54 Å². The summed E-state index contributed by atoms with van der Waals surface area (Å²) in [6, 6.07) is 2.74. The van der Waals surface area contributed by atoms with Crippen molar-refractivity contribution in [2.75, 3.05) is 7.05 Å². The highest BCUT2D eigenvalue weighted by Crippen LogP contribution is 2.21. The topological polar surface area (TPSA) is 105 Å². The lowest BCUT2D eigenvalue weighted by Crippen LogP contribution is -2.27. The summed E-state index contributed by atoms with van der Waals surface area (Å²) in [7, 11) is 1.43. The number of benzene rings is 1. The van der Waals surface area contributed by atoms with Crippen molar-refractivity contribution in [1.82, 2.24) is 20.1 Å². The maximum atomic E-state index is 13.2. The van der Waals surface area contributed by atoms with Crippen LogP contribution in [-0.4, -0.2) is 38.0 Å². The van der Waals surface area contributed by atoms with Gasteiger partial charge in [0.2, 0.25) is 0 Å². The lowest BCUT2D eigenvalue weighted by atomic mass is 10.1. The highest BCUT2D eigenvalue weighted by molar-refractivity contribution is 5.97. The van der Waals surface area contributed by atoms with Gasteiger partial charge in [-0.2, -0.15) is 5.10 Å². The van der Waals surface area contributed by atoms with E-state index in [9.17, 15) is 19.3 Å². The van der Waals surface area contributed by atoms with E-state index < -0.39 is 22.3 Å². The number of H-pyrrole nitrogens is 1. The number of carbonyl (C=O) groups is 1. The van der Waals surface area contributed by atoms with Gasteiger partial charge in [-0.05, 0) is 12.1 Å². The molecule has 0 spiro atoms. The molecule has 8 nitrogen and oxygen atoms in total. The quantitative estimate of drug-likeness (QED) is 0.667. The van der Waals surface area contributed by atoms with Crippen molar-refractivity contribution in [1.29, 1.82) is 0 Å². The van der Waals surface area contributed by atoms with Gasteiger partial charge in [0.1, 0.15) is 23.5 Å². The Hall–Kier alpha value is -2.84. The van der Waals surface area contributed by atoms with Gasteiger partial charge >= 0.3 is 0 Å². The predicted octanol–water partition coefficient (Wildman–Crippen LogP) is 1.12. The number of aromatic nitrogens is 3. The molecule has 0 aliphatic carbocycles. The third-order valence-electron chi connectivity index (χ3n) is 2.58. The molecule has 20 heavy (non-hydrogen) atoms. The number of hydrogen-bond acceptors (Lipinski definition) is 5. The van der Waals surface area contributed by atoms with Gasteiger partial charge in [-0.15, -0.1) is 0 Å². The van der Waals surface area contributed by atoms with Crippen LogP contribution in [0.3, 0.4) is 0 Å². The van der Waals surface area contributed by atoms with E-state index in [4.69, 9.17) is 0 Å². The van der Waals surface area contributed by atoms with E-state index in [0.29, 0.717) is 5.82 Å².